The fourth-order valence-corrected chi connectivity index (χ4v) is 1.89. The molecule has 0 aliphatic rings. The molecule has 20 heavy (non-hydrogen) atoms. The largest absolute Gasteiger partial charge is 0.382 e. The highest BCUT2D eigenvalue weighted by molar-refractivity contribution is 6.28. The van der Waals surface area contributed by atoms with Crippen LogP contribution in [-0.2, 0) is 9.47 Å². The molecule has 7 nitrogen and oxygen atoms in total. The summed E-state index contributed by atoms with van der Waals surface area (Å²) < 4.78 is 10.3. The quantitative estimate of drug-likeness (QED) is 0.543. The molecule has 2 aromatic heterocycles. The van der Waals surface area contributed by atoms with E-state index in [9.17, 15) is 0 Å². The Kier molecular flexibility index (Phi) is 5.97. The number of aromatic nitrogens is 4. The lowest BCUT2D eigenvalue weighted by Gasteiger charge is -2.07. The van der Waals surface area contributed by atoms with Crippen LogP contribution in [-0.4, -0.2) is 53.6 Å². The number of hydrogen-bond donors (Lipinski definition) is 2. The first-order valence-corrected chi connectivity index (χ1v) is 6.86. The molecule has 0 bridgehead atoms. The van der Waals surface area contributed by atoms with E-state index >= 15 is 0 Å². The number of nitrogens with zero attached hydrogens (tertiary/aromatic N) is 3. The van der Waals surface area contributed by atoms with Crippen LogP contribution in [0.1, 0.15) is 12.8 Å². The van der Waals surface area contributed by atoms with Gasteiger partial charge in [-0.05, 0) is 24.4 Å². The van der Waals surface area contributed by atoms with Crippen molar-refractivity contribution in [3.63, 3.8) is 0 Å². The number of fused-ring (bicyclic) bond motifs is 1. The number of methoxy groups -OCH3 is 1. The van der Waals surface area contributed by atoms with E-state index in [1.807, 2.05) is 0 Å². The first kappa shape index (κ1) is 15.0. The minimum Gasteiger partial charge on any atom is -0.382 e. The third kappa shape index (κ3) is 4.29. The van der Waals surface area contributed by atoms with Crippen molar-refractivity contribution in [2.45, 2.75) is 12.8 Å². The van der Waals surface area contributed by atoms with Crippen molar-refractivity contribution in [2.75, 3.05) is 38.8 Å². The normalized spacial score (nSPS) is 11.1. The van der Waals surface area contributed by atoms with Gasteiger partial charge in [0.05, 0.1) is 24.8 Å². The summed E-state index contributed by atoms with van der Waals surface area (Å²) in [5, 5.41) is 11.0. The van der Waals surface area contributed by atoms with E-state index in [4.69, 9.17) is 21.1 Å². The standard InChI is InChI=1S/C12H18ClN5O2/c1-19-6-7-20-5-3-2-4-14-10-9-8-15-18-11(9)17-12(13)16-10/h8H,2-7H2,1H3,(H2,14,15,16,17,18). The number of H-pyrrole nitrogens is 1. The van der Waals surface area contributed by atoms with Gasteiger partial charge in [0.1, 0.15) is 5.82 Å². The van der Waals surface area contributed by atoms with Crippen molar-refractivity contribution in [1.82, 2.24) is 20.2 Å². The fourth-order valence-electron chi connectivity index (χ4n) is 1.72. The van der Waals surface area contributed by atoms with Crippen molar-refractivity contribution in [3.05, 3.63) is 11.5 Å². The van der Waals surface area contributed by atoms with Crippen molar-refractivity contribution < 1.29 is 9.47 Å². The molecule has 110 valence electrons. The second-order valence-corrected chi connectivity index (χ2v) is 4.55. The maximum Gasteiger partial charge on any atom is 0.226 e. The summed E-state index contributed by atoms with van der Waals surface area (Å²) >= 11 is 5.85. The predicted molar refractivity (Wildman–Crippen MR) is 77.1 cm³/mol. The Bertz CT molecular complexity index is 534. The lowest BCUT2D eigenvalue weighted by Crippen LogP contribution is -2.07. The highest BCUT2D eigenvalue weighted by atomic mass is 35.5. The minimum atomic E-state index is 0.201. The first-order valence-electron chi connectivity index (χ1n) is 6.48. The Labute approximate surface area is 122 Å². The summed E-state index contributed by atoms with van der Waals surface area (Å²) in [6.45, 7) is 2.80. The zero-order chi connectivity index (χ0) is 14.2. The molecule has 2 heterocycles. The van der Waals surface area contributed by atoms with Gasteiger partial charge in [0.2, 0.25) is 5.28 Å². The lowest BCUT2D eigenvalue weighted by molar-refractivity contribution is 0.0691. The van der Waals surface area contributed by atoms with Crippen LogP contribution < -0.4 is 5.32 Å². The van der Waals surface area contributed by atoms with Gasteiger partial charge in [-0.2, -0.15) is 15.1 Å². The summed E-state index contributed by atoms with van der Waals surface area (Å²) in [5.41, 5.74) is 0.635. The van der Waals surface area contributed by atoms with Gasteiger partial charge in [0.15, 0.2) is 5.65 Å². The molecule has 0 aliphatic heterocycles. The van der Waals surface area contributed by atoms with Crippen molar-refractivity contribution in [2.24, 2.45) is 0 Å². The van der Waals surface area contributed by atoms with E-state index in [0.717, 1.165) is 31.4 Å². The summed E-state index contributed by atoms with van der Waals surface area (Å²) in [6, 6.07) is 0. The number of unbranched alkanes of at least 4 members (excludes halogenated alkanes) is 1. The van der Waals surface area contributed by atoms with Crippen LogP contribution in [0.15, 0.2) is 6.20 Å². The highest BCUT2D eigenvalue weighted by Gasteiger charge is 2.07. The molecule has 2 rings (SSSR count). The van der Waals surface area contributed by atoms with E-state index < -0.39 is 0 Å². The van der Waals surface area contributed by atoms with Gasteiger partial charge < -0.3 is 14.8 Å². The molecule has 0 radical (unpaired) electrons. The molecule has 0 saturated carbocycles. The molecule has 0 saturated heterocycles. The zero-order valence-electron chi connectivity index (χ0n) is 11.4. The number of nitrogens with one attached hydrogen (secondary N) is 2. The third-order valence-electron chi connectivity index (χ3n) is 2.72. The van der Waals surface area contributed by atoms with Crippen LogP contribution in [0.3, 0.4) is 0 Å². The van der Waals surface area contributed by atoms with Gasteiger partial charge >= 0.3 is 0 Å². The molecule has 0 aliphatic carbocycles. The molecule has 0 amide bonds. The third-order valence-corrected chi connectivity index (χ3v) is 2.89. The second kappa shape index (κ2) is 7.98. The maximum absolute atomic E-state index is 5.85. The van der Waals surface area contributed by atoms with E-state index in [2.05, 4.69) is 25.5 Å². The molecular weight excluding hydrogens is 282 g/mol. The van der Waals surface area contributed by atoms with Gasteiger partial charge in [-0.15, -0.1) is 0 Å². The number of hydrogen-bond acceptors (Lipinski definition) is 6. The Morgan fingerprint density at radius 1 is 1.25 bits per heavy atom. The average Bonchev–Trinajstić information content (AvgIpc) is 2.89. The van der Waals surface area contributed by atoms with Crippen molar-refractivity contribution in [1.29, 1.82) is 0 Å². The molecule has 0 unspecified atom stereocenters. The molecule has 0 spiro atoms. The average molecular weight is 300 g/mol. The van der Waals surface area contributed by atoms with Crippen molar-refractivity contribution in [3.8, 4) is 0 Å². The summed E-state index contributed by atoms with van der Waals surface area (Å²) in [4.78, 5) is 8.21. The summed E-state index contributed by atoms with van der Waals surface area (Å²) in [6.07, 6.45) is 3.64. The first-order chi connectivity index (χ1) is 9.81. The van der Waals surface area contributed by atoms with E-state index in [-0.39, 0.29) is 5.28 Å². The topological polar surface area (TPSA) is 85.0 Å². The van der Waals surface area contributed by atoms with Crippen LogP contribution >= 0.6 is 11.6 Å². The summed E-state index contributed by atoms with van der Waals surface area (Å²) in [7, 11) is 1.66. The van der Waals surface area contributed by atoms with E-state index in [0.29, 0.717) is 24.7 Å². The molecular formula is C12H18ClN5O2. The summed E-state index contributed by atoms with van der Waals surface area (Å²) in [5.74, 6) is 0.703. The smallest absolute Gasteiger partial charge is 0.226 e. The molecule has 2 aromatic rings. The molecule has 0 fully saturated rings. The monoisotopic (exact) mass is 299 g/mol. The van der Waals surface area contributed by atoms with Crippen LogP contribution in [0.5, 0.6) is 0 Å². The second-order valence-electron chi connectivity index (χ2n) is 4.21. The molecule has 0 aromatic carbocycles. The number of ether oxygens (including phenoxy) is 2. The molecule has 0 atom stereocenters. The van der Waals surface area contributed by atoms with Gasteiger partial charge in [-0.1, -0.05) is 0 Å². The zero-order valence-corrected chi connectivity index (χ0v) is 12.1. The van der Waals surface area contributed by atoms with Gasteiger partial charge in [-0.3, -0.25) is 5.10 Å². The number of anilines is 1. The fraction of sp³-hybridized carbons (Fsp3) is 0.583. The predicted octanol–water partition coefficient (Wildman–Crippen LogP) is 1.86. The van der Waals surface area contributed by atoms with Gasteiger partial charge in [0.25, 0.3) is 0 Å². The van der Waals surface area contributed by atoms with Crippen molar-refractivity contribution >= 4 is 28.5 Å². The van der Waals surface area contributed by atoms with Crippen LogP contribution in [0.4, 0.5) is 5.82 Å². The van der Waals surface area contributed by atoms with Crippen LogP contribution in [0.2, 0.25) is 5.28 Å². The molecule has 8 heteroatoms. The Balaban J connectivity index is 1.72. The SMILES string of the molecule is COCCOCCCCNc1nc(Cl)nc2[nH]ncc12. The van der Waals surface area contributed by atoms with Crippen LogP contribution in [0.25, 0.3) is 11.0 Å². The Morgan fingerprint density at radius 2 is 2.15 bits per heavy atom. The van der Waals surface area contributed by atoms with E-state index in [1.165, 1.54) is 0 Å². The Morgan fingerprint density at radius 3 is 3.00 bits per heavy atom. The number of rotatable bonds is 9. The number of halogens is 1. The van der Waals surface area contributed by atoms with Gasteiger partial charge in [0, 0.05) is 20.3 Å². The minimum absolute atomic E-state index is 0.201. The Hall–Kier alpha value is -1.44. The highest BCUT2D eigenvalue weighted by Crippen LogP contribution is 2.19. The lowest BCUT2D eigenvalue weighted by atomic mass is 10.3. The number of aromatic amines is 1. The molecule has 2 N–H and O–H groups in total. The van der Waals surface area contributed by atoms with Crippen LogP contribution in [0, 0.1) is 0 Å². The van der Waals surface area contributed by atoms with Gasteiger partial charge in [-0.25, -0.2) is 0 Å². The maximum atomic E-state index is 5.85. The van der Waals surface area contributed by atoms with E-state index in [1.54, 1.807) is 13.3 Å².